The van der Waals surface area contributed by atoms with Gasteiger partial charge in [0, 0.05) is 43.8 Å². The van der Waals surface area contributed by atoms with Gasteiger partial charge in [-0.2, -0.15) is 0 Å². The first kappa shape index (κ1) is 38.8. The highest BCUT2D eigenvalue weighted by Crippen LogP contribution is 2.41. The second kappa shape index (κ2) is 13.1. The van der Waals surface area contributed by atoms with E-state index in [0.29, 0.717) is 67.8 Å². The molecule has 4 N–H and O–H groups in total. The lowest BCUT2D eigenvalue weighted by molar-refractivity contribution is 0.0652. The molecule has 8 aromatic rings. The number of aromatic amines is 2. The van der Waals surface area contributed by atoms with E-state index in [1.54, 1.807) is 12.1 Å². The van der Waals surface area contributed by atoms with Gasteiger partial charge in [0.2, 0.25) is 0 Å². The SMILES string of the molecule is CC(C)(C)c1ccc2c(c1)-c1nc-2nc2[nH]c(nc3nc(nc4[nH]c(n1)c1ccc(C(C)(C)C)cc41)-c1cc4cc(C(=O)O)c(C(=O)O)cc4cc1-3)c1ccc(C(C)(C)C)cc21. The molecule has 308 valence electrons. The van der Waals surface area contributed by atoms with Gasteiger partial charge in [-0.3, -0.25) is 0 Å². The summed E-state index contributed by atoms with van der Waals surface area (Å²) in [5.41, 5.74) is 7.39. The quantitative estimate of drug-likeness (QED) is 0.131. The lowest BCUT2D eigenvalue weighted by atomic mass is 9.85. The first-order valence-electron chi connectivity index (χ1n) is 20.6. The third-order valence-electron chi connectivity index (χ3n) is 12.0. The van der Waals surface area contributed by atoms with Crippen molar-refractivity contribution in [2.75, 3.05) is 0 Å². The molecule has 0 atom stereocenters. The van der Waals surface area contributed by atoms with E-state index in [-0.39, 0.29) is 27.4 Å². The number of fused-ring (bicyclic) bond motifs is 21. The monoisotopic (exact) mass is 820 g/mol. The zero-order chi connectivity index (χ0) is 43.8. The van der Waals surface area contributed by atoms with Crippen LogP contribution in [0.4, 0.5) is 0 Å². The number of aromatic carboxylic acids is 2. The first-order valence-corrected chi connectivity index (χ1v) is 20.6. The molecule has 3 aromatic heterocycles. The Morgan fingerprint density at radius 2 is 0.742 bits per heavy atom. The summed E-state index contributed by atoms with van der Waals surface area (Å²) >= 11 is 0. The van der Waals surface area contributed by atoms with Gasteiger partial charge in [-0.1, -0.05) is 98.7 Å². The molecule has 8 bridgehead atoms. The standard InChI is InChI=1S/C50H44N8O4/c1-48(2,3)25-10-13-28-33(20-25)43-52-38(28)51-41-31-16-23-18-36(46(59)60)37(47(61)62)19-24(23)17-32(31)42(57-41)58-45-35-22-27(50(7,8)9)12-15-30(35)40(56-45)55-44-34-21-26(49(4,5)6)11-14-29(34)39(53-43)54-44/h10-22H,1-9H3,(H,59,60)(H,61,62)(H2,51,52,53,54,55,56,57,58). The summed E-state index contributed by atoms with van der Waals surface area (Å²) in [4.78, 5) is 62.7. The summed E-state index contributed by atoms with van der Waals surface area (Å²) in [5.74, 6) is -0.967. The maximum atomic E-state index is 12.3. The summed E-state index contributed by atoms with van der Waals surface area (Å²) < 4.78 is 0. The molecule has 5 aromatic carbocycles. The molecule has 10 rings (SSSR count). The molecule has 0 saturated heterocycles. The minimum atomic E-state index is -1.34. The highest BCUT2D eigenvalue weighted by atomic mass is 16.4. The van der Waals surface area contributed by atoms with Crippen molar-refractivity contribution >= 4 is 66.8 Å². The minimum absolute atomic E-state index is 0.133. The molecule has 12 heteroatoms. The van der Waals surface area contributed by atoms with Crippen LogP contribution < -0.4 is 0 Å². The number of carboxylic acid groups (broad SMARTS) is 2. The van der Waals surface area contributed by atoms with Crippen LogP contribution in [0.5, 0.6) is 0 Å². The van der Waals surface area contributed by atoms with E-state index in [2.05, 4.69) is 121 Å². The van der Waals surface area contributed by atoms with Gasteiger partial charge in [-0.25, -0.2) is 39.5 Å². The Hall–Kier alpha value is -7.34. The van der Waals surface area contributed by atoms with Crippen LogP contribution in [-0.2, 0) is 16.2 Å². The predicted molar refractivity (Wildman–Crippen MR) is 244 cm³/mol. The second-order valence-corrected chi connectivity index (χ2v) is 19.4. The average Bonchev–Trinajstić information content (AvgIpc) is 3.93. The lowest BCUT2D eigenvalue weighted by Gasteiger charge is -2.19. The van der Waals surface area contributed by atoms with Gasteiger partial charge >= 0.3 is 11.9 Å². The highest BCUT2D eigenvalue weighted by Gasteiger charge is 2.27. The Bertz CT molecular complexity index is 3490. The maximum Gasteiger partial charge on any atom is 0.336 e. The first-order chi connectivity index (χ1) is 29.2. The largest absolute Gasteiger partial charge is 0.478 e. The van der Waals surface area contributed by atoms with Gasteiger partial charge in [0.15, 0.2) is 23.3 Å². The molecule has 5 heterocycles. The zero-order valence-electron chi connectivity index (χ0n) is 35.9. The Morgan fingerprint density at radius 3 is 1.13 bits per heavy atom. The molecule has 12 nitrogen and oxygen atoms in total. The van der Waals surface area contributed by atoms with E-state index in [9.17, 15) is 19.8 Å². The van der Waals surface area contributed by atoms with Gasteiger partial charge < -0.3 is 20.2 Å². The van der Waals surface area contributed by atoms with E-state index in [1.165, 1.54) is 12.1 Å². The Balaban J connectivity index is 1.38. The summed E-state index contributed by atoms with van der Waals surface area (Å²) in [5, 5.41) is 24.4. The Morgan fingerprint density at radius 1 is 0.403 bits per heavy atom. The number of nitrogens with one attached hydrogen (secondary N) is 2. The van der Waals surface area contributed by atoms with Crippen LogP contribution >= 0.6 is 0 Å². The molecule has 0 amide bonds. The number of aromatic nitrogens is 8. The third-order valence-corrected chi connectivity index (χ3v) is 12.0. The van der Waals surface area contributed by atoms with E-state index in [1.807, 2.05) is 6.07 Å². The van der Waals surface area contributed by atoms with Gasteiger partial charge in [0.1, 0.15) is 22.6 Å². The zero-order valence-corrected chi connectivity index (χ0v) is 35.9. The molecule has 0 fully saturated rings. The molecule has 0 aliphatic carbocycles. The number of H-pyrrole nitrogens is 2. The number of hydrogen-bond acceptors (Lipinski definition) is 8. The molecule has 2 aliphatic rings. The van der Waals surface area contributed by atoms with Gasteiger partial charge in [0.25, 0.3) is 0 Å². The summed E-state index contributed by atoms with van der Waals surface area (Å²) in [6, 6.07) is 25.3. The van der Waals surface area contributed by atoms with Crippen molar-refractivity contribution in [2.45, 2.75) is 78.6 Å². The molecule has 2 aliphatic heterocycles. The summed E-state index contributed by atoms with van der Waals surface area (Å²) in [6.07, 6.45) is 0. The number of carboxylic acids is 2. The van der Waals surface area contributed by atoms with E-state index in [4.69, 9.17) is 29.9 Å². The van der Waals surface area contributed by atoms with Crippen LogP contribution in [0, 0.1) is 0 Å². The number of hydrogen-bond donors (Lipinski definition) is 4. The fourth-order valence-corrected chi connectivity index (χ4v) is 8.34. The van der Waals surface area contributed by atoms with Crippen molar-refractivity contribution in [1.29, 1.82) is 0 Å². The fraction of sp³-hybridized carbons (Fsp3) is 0.240. The van der Waals surface area contributed by atoms with Gasteiger partial charge in [0.05, 0.1) is 11.1 Å². The van der Waals surface area contributed by atoms with Crippen LogP contribution in [-0.4, -0.2) is 62.0 Å². The van der Waals surface area contributed by atoms with Crippen molar-refractivity contribution in [3.8, 4) is 45.6 Å². The van der Waals surface area contributed by atoms with Crippen LogP contribution in [0.25, 0.3) is 100 Å². The average molecular weight is 821 g/mol. The second-order valence-electron chi connectivity index (χ2n) is 19.4. The van der Waals surface area contributed by atoms with E-state index in [0.717, 1.165) is 49.4 Å². The third kappa shape index (κ3) is 6.27. The molecule has 0 radical (unpaired) electrons. The Labute approximate surface area is 356 Å². The van der Waals surface area contributed by atoms with Crippen molar-refractivity contribution in [3.05, 3.63) is 107 Å². The minimum Gasteiger partial charge on any atom is -0.478 e. The molecular formula is C50H44N8O4. The summed E-state index contributed by atoms with van der Waals surface area (Å²) in [7, 11) is 0. The van der Waals surface area contributed by atoms with E-state index < -0.39 is 11.9 Å². The van der Waals surface area contributed by atoms with Crippen molar-refractivity contribution in [3.63, 3.8) is 0 Å². The smallest absolute Gasteiger partial charge is 0.336 e. The fourth-order valence-electron chi connectivity index (χ4n) is 8.34. The van der Waals surface area contributed by atoms with E-state index >= 15 is 0 Å². The van der Waals surface area contributed by atoms with Crippen molar-refractivity contribution in [1.82, 2.24) is 39.9 Å². The van der Waals surface area contributed by atoms with Crippen molar-refractivity contribution < 1.29 is 19.8 Å². The van der Waals surface area contributed by atoms with Crippen molar-refractivity contribution in [2.24, 2.45) is 0 Å². The maximum absolute atomic E-state index is 12.3. The van der Waals surface area contributed by atoms with Gasteiger partial charge in [-0.05, 0) is 86.2 Å². The van der Waals surface area contributed by atoms with Crippen LogP contribution in [0.15, 0.2) is 78.9 Å². The normalized spacial score (nSPS) is 12.9. The molecule has 0 saturated carbocycles. The molecule has 0 unspecified atom stereocenters. The predicted octanol–water partition coefficient (Wildman–Crippen LogP) is 11.3. The number of rotatable bonds is 2. The molecular weight excluding hydrogens is 777 g/mol. The number of benzene rings is 5. The lowest BCUT2D eigenvalue weighted by Crippen LogP contribution is -2.10. The van der Waals surface area contributed by atoms with Gasteiger partial charge in [-0.15, -0.1) is 0 Å². The highest BCUT2D eigenvalue weighted by molar-refractivity contribution is 6.09. The topological polar surface area (TPSA) is 184 Å². The number of carbonyl (C=O) groups is 2. The summed E-state index contributed by atoms with van der Waals surface area (Å²) in [6.45, 7) is 19.5. The molecule has 62 heavy (non-hydrogen) atoms. The molecule has 0 spiro atoms. The van der Waals surface area contributed by atoms with Crippen LogP contribution in [0.1, 0.15) is 99.7 Å². The number of nitrogens with zero attached hydrogens (tertiary/aromatic N) is 6. The van der Waals surface area contributed by atoms with Crippen LogP contribution in [0.2, 0.25) is 0 Å². The Kier molecular flexibility index (Phi) is 8.19. The van der Waals surface area contributed by atoms with Crippen LogP contribution in [0.3, 0.4) is 0 Å².